The Morgan fingerprint density at radius 3 is 2.76 bits per heavy atom. The van der Waals surface area contributed by atoms with Crippen LogP contribution in [0.4, 0.5) is 0 Å². The van der Waals surface area contributed by atoms with Crippen LogP contribution in [0.1, 0.15) is 16.9 Å². The lowest BCUT2D eigenvalue weighted by Crippen LogP contribution is -2.61. The van der Waals surface area contributed by atoms with Gasteiger partial charge in [-0.15, -0.1) is 11.3 Å². The molecule has 2 aliphatic heterocycles. The molecule has 0 aliphatic carbocycles. The molecule has 0 unspecified atom stereocenters. The van der Waals surface area contributed by atoms with Gasteiger partial charge in [0, 0.05) is 30.4 Å². The lowest BCUT2D eigenvalue weighted by atomic mass is 10.0. The Morgan fingerprint density at radius 2 is 2.00 bits per heavy atom. The number of benzene rings is 1. The van der Waals surface area contributed by atoms with Crippen molar-refractivity contribution in [2.75, 3.05) is 6.54 Å². The van der Waals surface area contributed by atoms with E-state index in [0.717, 1.165) is 12.1 Å². The van der Waals surface area contributed by atoms with Crippen LogP contribution in [0.15, 0.2) is 47.8 Å². The molecule has 1 aromatic heterocycles. The molecule has 25 heavy (non-hydrogen) atoms. The molecule has 2 N–H and O–H groups in total. The lowest BCUT2D eigenvalue weighted by Gasteiger charge is -2.34. The average Bonchev–Trinajstić information content (AvgIpc) is 3.28. The predicted molar refractivity (Wildman–Crippen MR) is 97.1 cm³/mol. The Morgan fingerprint density at radius 1 is 1.16 bits per heavy atom. The van der Waals surface area contributed by atoms with Crippen LogP contribution in [-0.2, 0) is 22.6 Å². The third-order valence-corrected chi connectivity index (χ3v) is 5.81. The first-order valence-corrected chi connectivity index (χ1v) is 9.49. The highest BCUT2D eigenvalue weighted by Gasteiger charge is 2.46. The summed E-state index contributed by atoms with van der Waals surface area (Å²) in [5, 5.41) is 8.46. The van der Waals surface area contributed by atoms with E-state index >= 15 is 0 Å². The molecular weight excluding hydrogens is 334 g/mol. The fraction of sp³-hybridized carbons (Fsp3) is 0.368. The number of piperazine rings is 1. The second-order valence-electron chi connectivity index (χ2n) is 6.65. The van der Waals surface area contributed by atoms with Crippen LogP contribution in [0.2, 0.25) is 0 Å². The summed E-state index contributed by atoms with van der Waals surface area (Å²) < 4.78 is 0. The molecule has 2 aliphatic rings. The van der Waals surface area contributed by atoms with E-state index < -0.39 is 6.04 Å². The number of fused-ring (bicyclic) bond motifs is 1. The molecule has 5 nitrogen and oxygen atoms in total. The van der Waals surface area contributed by atoms with Crippen LogP contribution in [0, 0.1) is 0 Å². The summed E-state index contributed by atoms with van der Waals surface area (Å²) in [5.41, 5.74) is 1.06. The number of amides is 2. The summed E-state index contributed by atoms with van der Waals surface area (Å²) in [7, 11) is 0. The SMILES string of the molecule is O=C1N[C@H](Cc2ccccc2)C(=O)N2C[C@@H](NCc3cccs3)C[C@@H]12. The highest BCUT2D eigenvalue weighted by Crippen LogP contribution is 2.24. The van der Waals surface area contributed by atoms with Gasteiger partial charge in [0.1, 0.15) is 12.1 Å². The summed E-state index contributed by atoms with van der Waals surface area (Å²) in [4.78, 5) is 28.3. The monoisotopic (exact) mass is 355 g/mol. The maximum atomic E-state index is 12.8. The molecule has 3 heterocycles. The minimum Gasteiger partial charge on any atom is -0.342 e. The van der Waals surface area contributed by atoms with Crippen LogP contribution in [0.5, 0.6) is 0 Å². The zero-order valence-electron chi connectivity index (χ0n) is 13.9. The molecule has 130 valence electrons. The van der Waals surface area contributed by atoms with Gasteiger partial charge in [-0.3, -0.25) is 9.59 Å². The topological polar surface area (TPSA) is 61.4 Å². The number of nitrogens with one attached hydrogen (secondary N) is 2. The van der Waals surface area contributed by atoms with Crippen molar-refractivity contribution in [3.8, 4) is 0 Å². The molecule has 2 amide bonds. The summed E-state index contributed by atoms with van der Waals surface area (Å²) >= 11 is 1.71. The third-order valence-electron chi connectivity index (χ3n) is 4.93. The van der Waals surface area contributed by atoms with Crippen molar-refractivity contribution < 1.29 is 9.59 Å². The van der Waals surface area contributed by atoms with E-state index in [-0.39, 0.29) is 23.9 Å². The van der Waals surface area contributed by atoms with Crippen molar-refractivity contribution in [1.82, 2.24) is 15.5 Å². The van der Waals surface area contributed by atoms with Crippen molar-refractivity contribution in [1.29, 1.82) is 0 Å². The first-order valence-electron chi connectivity index (χ1n) is 8.61. The molecule has 0 spiro atoms. The highest BCUT2D eigenvalue weighted by atomic mass is 32.1. The van der Waals surface area contributed by atoms with E-state index in [1.807, 2.05) is 36.4 Å². The number of carbonyl (C=O) groups excluding carboxylic acids is 2. The van der Waals surface area contributed by atoms with Gasteiger partial charge in [0.15, 0.2) is 0 Å². The van der Waals surface area contributed by atoms with Gasteiger partial charge in [-0.2, -0.15) is 0 Å². The van der Waals surface area contributed by atoms with Gasteiger partial charge in [0.25, 0.3) is 0 Å². The highest BCUT2D eigenvalue weighted by molar-refractivity contribution is 7.09. The zero-order chi connectivity index (χ0) is 17.2. The number of thiophene rings is 1. The first kappa shape index (κ1) is 16.3. The van der Waals surface area contributed by atoms with E-state index in [1.54, 1.807) is 16.2 Å². The lowest BCUT2D eigenvalue weighted by molar-refractivity contribution is -0.147. The molecule has 3 atom stereocenters. The molecule has 1 aromatic carbocycles. The largest absolute Gasteiger partial charge is 0.342 e. The van der Waals surface area contributed by atoms with Crippen molar-refractivity contribution in [3.05, 3.63) is 58.3 Å². The molecule has 0 radical (unpaired) electrons. The van der Waals surface area contributed by atoms with Crippen LogP contribution in [0.25, 0.3) is 0 Å². The summed E-state index contributed by atoms with van der Waals surface area (Å²) in [6, 6.07) is 13.3. The van der Waals surface area contributed by atoms with Crippen LogP contribution < -0.4 is 10.6 Å². The Kier molecular flexibility index (Phi) is 4.55. The number of rotatable bonds is 5. The quantitative estimate of drug-likeness (QED) is 0.855. The zero-order valence-corrected chi connectivity index (χ0v) is 14.7. The Labute approximate surface area is 151 Å². The van der Waals surface area contributed by atoms with E-state index in [4.69, 9.17) is 0 Å². The van der Waals surface area contributed by atoms with Crippen molar-refractivity contribution in [3.63, 3.8) is 0 Å². The third kappa shape index (κ3) is 3.45. The van der Waals surface area contributed by atoms with E-state index in [0.29, 0.717) is 19.4 Å². The molecule has 2 saturated heterocycles. The van der Waals surface area contributed by atoms with Gasteiger partial charge in [-0.1, -0.05) is 36.4 Å². The van der Waals surface area contributed by atoms with Crippen LogP contribution in [0.3, 0.4) is 0 Å². The standard InChI is InChI=1S/C19H21N3O2S/c23-18-17-10-14(20-11-15-7-4-8-25-15)12-22(17)19(24)16(21-18)9-13-5-2-1-3-6-13/h1-8,14,16-17,20H,9-12H2,(H,21,23)/t14-,16+,17-/m0/s1. The molecule has 0 bridgehead atoms. The van der Waals surface area contributed by atoms with Gasteiger partial charge in [0.05, 0.1) is 0 Å². The minimum atomic E-state index is -0.456. The minimum absolute atomic E-state index is 0.0269. The maximum Gasteiger partial charge on any atom is 0.246 e. The first-order chi connectivity index (χ1) is 12.2. The van der Waals surface area contributed by atoms with Gasteiger partial charge in [-0.05, 0) is 23.4 Å². The van der Waals surface area contributed by atoms with Crippen molar-refractivity contribution in [2.45, 2.75) is 37.5 Å². The van der Waals surface area contributed by atoms with E-state index in [9.17, 15) is 9.59 Å². The van der Waals surface area contributed by atoms with Gasteiger partial charge < -0.3 is 15.5 Å². The summed E-state index contributed by atoms with van der Waals surface area (Å²) in [6.07, 6.45) is 1.23. The number of hydrogen-bond donors (Lipinski definition) is 2. The maximum absolute atomic E-state index is 12.8. The fourth-order valence-electron chi connectivity index (χ4n) is 3.65. The molecule has 4 rings (SSSR count). The smallest absolute Gasteiger partial charge is 0.246 e. The molecule has 6 heteroatoms. The second kappa shape index (κ2) is 6.98. The average molecular weight is 355 g/mol. The molecule has 2 fully saturated rings. The van der Waals surface area contributed by atoms with E-state index in [2.05, 4.69) is 22.1 Å². The number of hydrogen-bond acceptors (Lipinski definition) is 4. The normalized spacial score (nSPS) is 25.8. The van der Waals surface area contributed by atoms with Crippen LogP contribution in [-0.4, -0.2) is 41.4 Å². The van der Waals surface area contributed by atoms with Gasteiger partial charge >= 0.3 is 0 Å². The molecule has 2 aromatic rings. The Bertz CT molecular complexity index is 747. The van der Waals surface area contributed by atoms with Gasteiger partial charge in [-0.25, -0.2) is 0 Å². The summed E-state index contributed by atoms with van der Waals surface area (Å²) in [6.45, 7) is 1.39. The fourth-order valence-corrected chi connectivity index (χ4v) is 4.31. The van der Waals surface area contributed by atoms with E-state index in [1.165, 1.54) is 4.88 Å². The number of carbonyl (C=O) groups is 2. The molecule has 0 saturated carbocycles. The summed E-state index contributed by atoms with van der Waals surface area (Å²) in [5.74, 6) is 0.00910. The Hall–Kier alpha value is -2.18. The Balaban J connectivity index is 1.40. The predicted octanol–water partition coefficient (Wildman–Crippen LogP) is 1.55. The molecular formula is C19H21N3O2S. The second-order valence-corrected chi connectivity index (χ2v) is 7.68. The van der Waals surface area contributed by atoms with Crippen molar-refractivity contribution in [2.24, 2.45) is 0 Å². The number of nitrogens with zero attached hydrogens (tertiary/aromatic N) is 1. The van der Waals surface area contributed by atoms with Crippen LogP contribution >= 0.6 is 11.3 Å². The van der Waals surface area contributed by atoms with Gasteiger partial charge in [0.2, 0.25) is 11.8 Å². The van der Waals surface area contributed by atoms with Crippen molar-refractivity contribution >= 4 is 23.2 Å².